The van der Waals surface area contributed by atoms with Gasteiger partial charge in [0, 0.05) is 6.04 Å². The normalized spacial score (nSPS) is 16.6. The number of thiazole rings is 1. The Labute approximate surface area is 80.2 Å². The summed E-state index contributed by atoms with van der Waals surface area (Å²) in [5.41, 5.74) is 7.10. The van der Waals surface area contributed by atoms with Crippen LogP contribution in [0.5, 0.6) is 0 Å². The third-order valence-electron chi connectivity index (χ3n) is 2.24. The fraction of sp³-hybridized carbons (Fsp3) is 0.500. The monoisotopic (exact) mass is 197 g/mol. The van der Waals surface area contributed by atoms with Crippen LogP contribution in [0.3, 0.4) is 0 Å². The number of carbonyl (C=O) groups is 1. The molecule has 0 spiro atoms. The fourth-order valence-electron chi connectivity index (χ4n) is 1.23. The summed E-state index contributed by atoms with van der Waals surface area (Å²) in [5, 5.41) is 2.91. The number of nitrogen functional groups attached to an aromatic ring is 1. The molecular weight excluding hydrogens is 186 g/mol. The van der Waals surface area contributed by atoms with E-state index in [-0.39, 0.29) is 5.91 Å². The summed E-state index contributed by atoms with van der Waals surface area (Å²) in [6, 6.07) is 0.356. The van der Waals surface area contributed by atoms with Crippen molar-refractivity contribution in [2.75, 3.05) is 5.73 Å². The van der Waals surface area contributed by atoms with Gasteiger partial charge >= 0.3 is 0 Å². The molecule has 0 saturated heterocycles. The molecule has 5 heteroatoms. The molecule has 2 rings (SSSR count). The van der Waals surface area contributed by atoms with Crippen LogP contribution in [0.4, 0.5) is 5.82 Å². The van der Waals surface area contributed by atoms with Gasteiger partial charge in [-0.05, 0) is 19.3 Å². The van der Waals surface area contributed by atoms with Gasteiger partial charge in [-0.15, -0.1) is 11.3 Å². The Morgan fingerprint density at radius 3 is 2.92 bits per heavy atom. The molecule has 0 radical (unpaired) electrons. The number of aromatic nitrogens is 1. The zero-order chi connectivity index (χ0) is 9.26. The maximum Gasteiger partial charge on any atom is 0.265 e. The lowest BCUT2D eigenvalue weighted by Gasteiger charge is -2.25. The molecular formula is C8H11N3OS. The summed E-state index contributed by atoms with van der Waals surface area (Å²) in [5.74, 6) is 0.256. The molecule has 0 atom stereocenters. The largest absolute Gasteiger partial charge is 0.382 e. The lowest BCUT2D eigenvalue weighted by atomic mass is 9.93. The molecule has 1 heterocycles. The Morgan fingerprint density at radius 2 is 2.46 bits per heavy atom. The molecule has 0 bridgehead atoms. The Bertz CT molecular complexity index is 319. The van der Waals surface area contributed by atoms with Gasteiger partial charge < -0.3 is 11.1 Å². The van der Waals surface area contributed by atoms with E-state index in [2.05, 4.69) is 10.3 Å². The number of nitrogens with one attached hydrogen (secondary N) is 1. The molecule has 0 aliphatic heterocycles. The van der Waals surface area contributed by atoms with Crippen molar-refractivity contribution in [3.05, 3.63) is 10.4 Å². The van der Waals surface area contributed by atoms with Crippen molar-refractivity contribution in [3.8, 4) is 0 Å². The molecule has 4 nitrogen and oxygen atoms in total. The molecule has 1 amide bonds. The Morgan fingerprint density at radius 1 is 1.69 bits per heavy atom. The molecule has 13 heavy (non-hydrogen) atoms. The first-order valence-corrected chi connectivity index (χ1v) is 5.15. The van der Waals surface area contributed by atoms with Crippen LogP contribution >= 0.6 is 11.3 Å². The first kappa shape index (κ1) is 8.50. The highest BCUT2D eigenvalue weighted by Crippen LogP contribution is 2.20. The highest BCUT2D eigenvalue weighted by molar-refractivity contribution is 7.12. The third kappa shape index (κ3) is 1.65. The zero-order valence-corrected chi connectivity index (χ0v) is 7.93. The zero-order valence-electron chi connectivity index (χ0n) is 7.12. The minimum atomic E-state index is -0.0790. The summed E-state index contributed by atoms with van der Waals surface area (Å²) < 4.78 is 0. The first-order valence-electron chi connectivity index (χ1n) is 4.27. The molecule has 1 aliphatic rings. The predicted molar refractivity (Wildman–Crippen MR) is 51.6 cm³/mol. The second-order valence-corrected chi connectivity index (χ2v) is 4.02. The summed E-state index contributed by atoms with van der Waals surface area (Å²) in [6.45, 7) is 0. The summed E-state index contributed by atoms with van der Waals surface area (Å²) >= 11 is 1.29. The number of hydrogen-bond acceptors (Lipinski definition) is 4. The highest BCUT2D eigenvalue weighted by atomic mass is 32.1. The van der Waals surface area contributed by atoms with E-state index >= 15 is 0 Å². The van der Waals surface area contributed by atoms with E-state index in [1.807, 2.05) is 0 Å². The van der Waals surface area contributed by atoms with Gasteiger partial charge in [-0.25, -0.2) is 4.98 Å². The molecule has 0 unspecified atom stereocenters. The molecule has 1 aromatic heterocycles. The minimum absolute atomic E-state index is 0.0790. The van der Waals surface area contributed by atoms with Crippen molar-refractivity contribution in [1.29, 1.82) is 0 Å². The second kappa shape index (κ2) is 3.33. The Kier molecular flexibility index (Phi) is 2.18. The van der Waals surface area contributed by atoms with Crippen LogP contribution in [0.1, 0.15) is 28.9 Å². The third-order valence-corrected chi connectivity index (χ3v) is 3.08. The number of nitrogens with two attached hydrogens (primary N) is 1. The van der Waals surface area contributed by atoms with Crippen molar-refractivity contribution < 1.29 is 4.79 Å². The number of carbonyl (C=O) groups excluding carboxylic acids is 1. The minimum Gasteiger partial charge on any atom is -0.382 e. The first-order chi connectivity index (χ1) is 6.27. The maximum atomic E-state index is 11.5. The predicted octanol–water partition coefficient (Wildman–Crippen LogP) is 1.01. The lowest BCUT2D eigenvalue weighted by molar-refractivity contribution is 0.0922. The van der Waals surface area contributed by atoms with Gasteiger partial charge in [0.15, 0.2) is 0 Å². The van der Waals surface area contributed by atoms with E-state index in [9.17, 15) is 4.79 Å². The quantitative estimate of drug-likeness (QED) is 0.743. The van der Waals surface area contributed by atoms with Crippen LogP contribution < -0.4 is 11.1 Å². The number of nitrogens with zero attached hydrogens (tertiary/aromatic N) is 1. The van der Waals surface area contributed by atoms with Gasteiger partial charge in [-0.3, -0.25) is 4.79 Å². The smallest absolute Gasteiger partial charge is 0.265 e. The van der Waals surface area contributed by atoms with Crippen LogP contribution in [0.15, 0.2) is 5.51 Å². The van der Waals surface area contributed by atoms with E-state index in [0.29, 0.717) is 16.7 Å². The van der Waals surface area contributed by atoms with Crippen molar-refractivity contribution in [1.82, 2.24) is 10.3 Å². The van der Waals surface area contributed by atoms with Gasteiger partial charge in [0.05, 0.1) is 5.51 Å². The molecule has 0 aromatic carbocycles. The summed E-state index contributed by atoms with van der Waals surface area (Å²) in [6.07, 6.45) is 3.39. The van der Waals surface area contributed by atoms with Crippen LogP contribution in [-0.2, 0) is 0 Å². The molecule has 1 aliphatic carbocycles. The SMILES string of the molecule is Nc1ncsc1C(=O)NC1CCC1. The number of hydrogen-bond donors (Lipinski definition) is 2. The van der Waals surface area contributed by atoms with E-state index < -0.39 is 0 Å². The van der Waals surface area contributed by atoms with Crippen LogP contribution in [-0.4, -0.2) is 16.9 Å². The Hall–Kier alpha value is -1.10. The molecule has 3 N–H and O–H groups in total. The van der Waals surface area contributed by atoms with Gasteiger partial charge in [0.25, 0.3) is 5.91 Å². The van der Waals surface area contributed by atoms with Crippen LogP contribution in [0.25, 0.3) is 0 Å². The number of anilines is 1. The molecule has 1 aromatic rings. The average molecular weight is 197 g/mol. The van der Waals surface area contributed by atoms with Crippen molar-refractivity contribution in [2.45, 2.75) is 25.3 Å². The van der Waals surface area contributed by atoms with Crippen molar-refractivity contribution >= 4 is 23.1 Å². The highest BCUT2D eigenvalue weighted by Gasteiger charge is 2.21. The lowest BCUT2D eigenvalue weighted by Crippen LogP contribution is -2.39. The average Bonchev–Trinajstić information content (AvgIpc) is 2.43. The molecule has 1 fully saturated rings. The number of amides is 1. The Balaban J connectivity index is 2.00. The van der Waals surface area contributed by atoms with E-state index in [1.54, 1.807) is 5.51 Å². The van der Waals surface area contributed by atoms with E-state index in [1.165, 1.54) is 17.8 Å². The summed E-state index contributed by atoms with van der Waals surface area (Å²) in [4.78, 5) is 15.9. The standard InChI is InChI=1S/C8H11N3OS/c9-7-6(13-4-10-7)8(12)11-5-2-1-3-5/h4-5H,1-3,9H2,(H,11,12). The second-order valence-electron chi connectivity index (χ2n) is 3.17. The van der Waals surface area contributed by atoms with E-state index in [4.69, 9.17) is 5.73 Å². The summed E-state index contributed by atoms with van der Waals surface area (Å²) in [7, 11) is 0. The van der Waals surface area contributed by atoms with Crippen LogP contribution in [0.2, 0.25) is 0 Å². The van der Waals surface area contributed by atoms with Gasteiger partial charge in [-0.2, -0.15) is 0 Å². The maximum absolute atomic E-state index is 11.5. The fourth-order valence-corrected chi connectivity index (χ4v) is 1.84. The van der Waals surface area contributed by atoms with Crippen molar-refractivity contribution in [2.24, 2.45) is 0 Å². The topological polar surface area (TPSA) is 68.0 Å². The molecule has 70 valence electrons. The van der Waals surface area contributed by atoms with Crippen LogP contribution in [0, 0.1) is 0 Å². The van der Waals surface area contributed by atoms with Gasteiger partial charge in [0.2, 0.25) is 0 Å². The van der Waals surface area contributed by atoms with E-state index in [0.717, 1.165) is 12.8 Å². The van der Waals surface area contributed by atoms with Gasteiger partial charge in [-0.1, -0.05) is 0 Å². The van der Waals surface area contributed by atoms with Crippen molar-refractivity contribution in [3.63, 3.8) is 0 Å². The van der Waals surface area contributed by atoms with Gasteiger partial charge in [0.1, 0.15) is 10.7 Å². The number of rotatable bonds is 2. The molecule has 1 saturated carbocycles.